The van der Waals surface area contributed by atoms with E-state index in [1.165, 1.54) is 12.0 Å². The van der Waals surface area contributed by atoms with Gasteiger partial charge in [-0.15, -0.1) is 0 Å². The van der Waals surface area contributed by atoms with Gasteiger partial charge in [0.1, 0.15) is 5.78 Å². The van der Waals surface area contributed by atoms with Crippen LogP contribution in [0.3, 0.4) is 0 Å². The maximum atomic E-state index is 11.3. The average Bonchev–Trinajstić information content (AvgIpc) is 3.47. The number of ketones is 1. The molecule has 0 aliphatic carbocycles. The zero-order chi connectivity index (χ0) is 20.7. The molecule has 0 amide bonds. The third-order valence-electron chi connectivity index (χ3n) is 6.76. The lowest BCUT2D eigenvalue weighted by atomic mass is 9.86. The molecule has 2 aromatic rings. The fourth-order valence-electron chi connectivity index (χ4n) is 5.01. The van der Waals surface area contributed by atoms with Crippen molar-refractivity contribution in [3.8, 4) is 11.5 Å². The molecule has 2 atom stereocenters. The highest BCUT2D eigenvalue weighted by Crippen LogP contribution is 2.44. The highest BCUT2D eigenvalue weighted by atomic mass is 16.7. The van der Waals surface area contributed by atoms with Crippen molar-refractivity contribution in [2.45, 2.75) is 39.2 Å². The number of rotatable bonds is 5. The molecule has 1 spiro atoms. The number of benzene rings is 1. The molecule has 30 heavy (non-hydrogen) atoms. The Balaban J connectivity index is 1.23. The molecule has 2 saturated heterocycles. The van der Waals surface area contributed by atoms with Crippen molar-refractivity contribution < 1.29 is 14.3 Å². The summed E-state index contributed by atoms with van der Waals surface area (Å²) in [7, 11) is 0. The van der Waals surface area contributed by atoms with Crippen molar-refractivity contribution in [1.82, 2.24) is 14.9 Å². The van der Waals surface area contributed by atoms with Crippen molar-refractivity contribution in [1.29, 1.82) is 0 Å². The van der Waals surface area contributed by atoms with E-state index in [9.17, 15) is 4.79 Å². The number of carbonyl (C=O) groups excluding carboxylic acids is 1. The van der Waals surface area contributed by atoms with Crippen molar-refractivity contribution in [3.05, 3.63) is 41.7 Å². The Labute approximate surface area is 177 Å². The predicted octanol–water partition coefficient (Wildman–Crippen LogP) is 3.00. The Morgan fingerprint density at radius 2 is 1.90 bits per heavy atom. The first kappa shape index (κ1) is 19.3. The molecule has 3 aliphatic rings. The highest BCUT2D eigenvalue weighted by Gasteiger charge is 2.45. The van der Waals surface area contributed by atoms with Gasteiger partial charge in [0, 0.05) is 49.9 Å². The summed E-state index contributed by atoms with van der Waals surface area (Å²) in [6.45, 7) is 8.34. The fraction of sp³-hybridized carbons (Fsp3) is 0.522. The summed E-state index contributed by atoms with van der Waals surface area (Å²) in [5.74, 6) is 2.60. The molecule has 158 valence electrons. The number of Topliss-reactive ketones (excluding diaryl/α,β-unsaturated/α-hetero) is 1. The van der Waals surface area contributed by atoms with E-state index in [-0.39, 0.29) is 5.78 Å². The van der Waals surface area contributed by atoms with Crippen LogP contribution < -0.4 is 14.4 Å². The molecule has 1 aromatic heterocycles. The van der Waals surface area contributed by atoms with Gasteiger partial charge in [-0.3, -0.25) is 9.69 Å². The van der Waals surface area contributed by atoms with E-state index in [0.29, 0.717) is 24.7 Å². The van der Waals surface area contributed by atoms with Crippen LogP contribution in [0.4, 0.5) is 5.95 Å². The largest absolute Gasteiger partial charge is 0.454 e. The lowest BCUT2D eigenvalue weighted by Gasteiger charge is -2.28. The molecule has 2 fully saturated rings. The Morgan fingerprint density at radius 1 is 1.13 bits per heavy atom. The Morgan fingerprint density at radius 3 is 2.70 bits per heavy atom. The van der Waals surface area contributed by atoms with Crippen LogP contribution in [-0.2, 0) is 11.2 Å². The normalized spacial score (nSPS) is 24.0. The van der Waals surface area contributed by atoms with Crippen LogP contribution in [0.15, 0.2) is 30.6 Å². The molecule has 1 aromatic carbocycles. The van der Waals surface area contributed by atoms with Crippen LogP contribution in [0.5, 0.6) is 11.5 Å². The summed E-state index contributed by atoms with van der Waals surface area (Å²) in [6.07, 6.45) is 6.34. The maximum absolute atomic E-state index is 11.3. The van der Waals surface area contributed by atoms with Gasteiger partial charge in [0.05, 0.1) is 0 Å². The van der Waals surface area contributed by atoms with Gasteiger partial charge < -0.3 is 14.4 Å². The fourth-order valence-corrected chi connectivity index (χ4v) is 5.01. The molecule has 5 rings (SSSR count). The number of likely N-dealkylation sites (tertiary alicyclic amines) is 1. The second kappa shape index (κ2) is 7.54. The first-order valence-electron chi connectivity index (χ1n) is 10.7. The van der Waals surface area contributed by atoms with Crippen molar-refractivity contribution in [2.24, 2.45) is 5.41 Å². The second-order valence-corrected chi connectivity index (χ2v) is 8.95. The molecule has 4 heterocycles. The van der Waals surface area contributed by atoms with Crippen molar-refractivity contribution in [3.63, 3.8) is 0 Å². The van der Waals surface area contributed by atoms with E-state index in [1.807, 2.05) is 6.07 Å². The molecule has 7 heteroatoms. The minimum Gasteiger partial charge on any atom is -0.454 e. The number of hydrogen-bond donors (Lipinski definition) is 0. The Bertz CT molecular complexity index is 948. The number of carbonyl (C=O) groups is 1. The maximum Gasteiger partial charge on any atom is 0.231 e. The quantitative estimate of drug-likeness (QED) is 0.753. The van der Waals surface area contributed by atoms with Gasteiger partial charge >= 0.3 is 0 Å². The summed E-state index contributed by atoms with van der Waals surface area (Å²) < 4.78 is 11.0. The van der Waals surface area contributed by atoms with E-state index < -0.39 is 0 Å². The zero-order valence-corrected chi connectivity index (χ0v) is 17.6. The average molecular weight is 409 g/mol. The van der Waals surface area contributed by atoms with E-state index in [2.05, 4.69) is 38.8 Å². The Kier molecular flexibility index (Phi) is 4.85. The van der Waals surface area contributed by atoms with Crippen molar-refractivity contribution >= 4 is 11.7 Å². The van der Waals surface area contributed by atoms with Gasteiger partial charge in [0.15, 0.2) is 11.5 Å². The minimum atomic E-state index is 0.133. The van der Waals surface area contributed by atoms with Gasteiger partial charge in [-0.25, -0.2) is 9.97 Å². The minimum absolute atomic E-state index is 0.133. The van der Waals surface area contributed by atoms with Crippen molar-refractivity contribution in [2.75, 3.05) is 37.9 Å². The smallest absolute Gasteiger partial charge is 0.231 e. The third kappa shape index (κ3) is 3.62. The SMILES string of the molecule is CC(=O)Cc1cnc(N2CCC3(CCN(C(C)c4ccc5c(c4)OCO5)C3)C2)nc1. The molecule has 0 bridgehead atoms. The molecule has 3 aliphatic heterocycles. The van der Waals surface area contributed by atoms with E-state index >= 15 is 0 Å². The van der Waals surface area contributed by atoms with Gasteiger partial charge in [0.2, 0.25) is 12.7 Å². The summed E-state index contributed by atoms with van der Waals surface area (Å²) in [5, 5.41) is 0. The third-order valence-corrected chi connectivity index (χ3v) is 6.76. The highest BCUT2D eigenvalue weighted by molar-refractivity contribution is 5.77. The molecular weight excluding hydrogens is 380 g/mol. The van der Waals surface area contributed by atoms with Crippen LogP contribution in [0.25, 0.3) is 0 Å². The van der Waals surface area contributed by atoms with Crippen LogP contribution in [0, 0.1) is 5.41 Å². The molecule has 7 nitrogen and oxygen atoms in total. The number of hydrogen-bond acceptors (Lipinski definition) is 7. The van der Waals surface area contributed by atoms with Crippen LogP contribution in [0.1, 0.15) is 43.9 Å². The van der Waals surface area contributed by atoms with Gasteiger partial charge in [-0.05, 0) is 56.5 Å². The van der Waals surface area contributed by atoms with Crippen LogP contribution in [0.2, 0.25) is 0 Å². The van der Waals surface area contributed by atoms with Crippen LogP contribution >= 0.6 is 0 Å². The number of fused-ring (bicyclic) bond motifs is 1. The van der Waals surface area contributed by atoms with E-state index in [0.717, 1.165) is 55.6 Å². The monoisotopic (exact) mass is 408 g/mol. The van der Waals surface area contributed by atoms with Crippen LogP contribution in [-0.4, -0.2) is 53.6 Å². The summed E-state index contributed by atoms with van der Waals surface area (Å²) in [5.41, 5.74) is 2.45. The second-order valence-electron chi connectivity index (χ2n) is 8.95. The van der Waals surface area contributed by atoms with Gasteiger partial charge in [0.25, 0.3) is 0 Å². The first-order valence-corrected chi connectivity index (χ1v) is 10.7. The standard InChI is InChI=1S/C23H28N4O3/c1-16(28)9-18-11-24-22(25-12-18)27-8-6-23(14-27)5-7-26(13-23)17(2)19-3-4-20-21(10-19)30-15-29-20/h3-4,10-12,17H,5-9,13-15H2,1-2H3. The summed E-state index contributed by atoms with van der Waals surface area (Å²) in [4.78, 5) is 25.2. The lowest BCUT2D eigenvalue weighted by Crippen LogP contribution is -2.32. The Hall–Kier alpha value is -2.67. The molecule has 0 N–H and O–H groups in total. The topological polar surface area (TPSA) is 67.8 Å². The molecule has 0 radical (unpaired) electrons. The molecule has 2 unspecified atom stereocenters. The number of aromatic nitrogens is 2. The van der Waals surface area contributed by atoms with E-state index in [1.54, 1.807) is 19.3 Å². The lowest BCUT2D eigenvalue weighted by molar-refractivity contribution is -0.116. The van der Waals surface area contributed by atoms with Gasteiger partial charge in [-0.2, -0.15) is 0 Å². The van der Waals surface area contributed by atoms with Gasteiger partial charge in [-0.1, -0.05) is 6.07 Å². The number of ether oxygens (including phenoxy) is 2. The predicted molar refractivity (Wildman–Crippen MR) is 113 cm³/mol. The first-order chi connectivity index (χ1) is 14.5. The summed E-state index contributed by atoms with van der Waals surface area (Å²) in [6, 6.07) is 6.63. The number of anilines is 1. The number of nitrogens with zero attached hydrogens (tertiary/aromatic N) is 4. The van der Waals surface area contributed by atoms with E-state index in [4.69, 9.17) is 9.47 Å². The summed E-state index contributed by atoms with van der Waals surface area (Å²) >= 11 is 0. The molecule has 0 saturated carbocycles. The zero-order valence-electron chi connectivity index (χ0n) is 17.6. The molecular formula is C23H28N4O3.